The number of carbonyl (C=O) groups excluding carboxylic acids is 3. The summed E-state index contributed by atoms with van der Waals surface area (Å²) in [6.07, 6.45) is 3.43. The number of hydrogen-bond donors (Lipinski definition) is 2. The quantitative estimate of drug-likeness (QED) is 0.435. The zero-order chi connectivity index (χ0) is 24.2. The first-order valence-corrected chi connectivity index (χ1v) is 11.0. The highest BCUT2D eigenvalue weighted by molar-refractivity contribution is 6.08. The Balaban J connectivity index is 1.38. The number of fused-ring (bicyclic) bond motifs is 2. The summed E-state index contributed by atoms with van der Waals surface area (Å²) in [6, 6.07) is 15.9. The second kappa shape index (κ2) is 7.69. The average Bonchev–Trinajstić information content (AvgIpc) is 3.53. The third-order valence-electron chi connectivity index (χ3n) is 6.52. The van der Waals surface area contributed by atoms with E-state index in [9.17, 15) is 14.4 Å². The molecule has 6 rings (SSSR count). The van der Waals surface area contributed by atoms with Crippen LogP contribution in [0.2, 0.25) is 0 Å². The average molecular weight is 468 g/mol. The monoisotopic (exact) mass is 468 g/mol. The number of amides is 4. The summed E-state index contributed by atoms with van der Waals surface area (Å²) in [5.41, 5.74) is 2.28. The number of rotatable bonds is 5. The van der Waals surface area contributed by atoms with Gasteiger partial charge in [-0.05, 0) is 59.2 Å². The molecule has 0 saturated carbocycles. The van der Waals surface area contributed by atoms with E-state index in [0.29, 0.717) is 23.4 Å². The molecule has 0 radical (unpaired) electrons. The van der Waals surface area contributed by atoms with E-state index in [0.717, 1.165) is 22.1 Å². The molecule has 2 N–H and O–H groups in total. The topological polar surface area (TPSA) is 114 Å². The fourth-order valence-electron chi connectivity index (χ4n) is 4.71. The lowest BCUT2D eigenvalue weighted by Crippen LogP contribution is -2.52. The minimum atomic E-state index is -1.56. The summed E-state index contributed by atoms with van der Waals surface area (Å²) in [4.78, 5) is 44.1. The van der Waals surface area contributed by atoms with Crippen LogP contribution >= 0.6 is 0 Å². The first-order chi connectivity index (χ1) is 17.0. The van der Waals surface area contributed by atoms with E-state index < -0.39 is 17.5 Å². The molecule has 35 heavy (non-hydrogen) atoms. The van der Waals surface area contributed by atoms with Gasteiger partial charge in [-0.1, -0.05) is 12.1 Å². The molecule has 2 aliphatic rings. The van der Waals surface area contributed by atoms with Crippen LogP contribution in [0.25, 0.3) is 22.1 Å². The van der Waals surface area contributed by atoms with Gasteiger partial charge in [0, 0.05) is 29.9 Å². The molecule has 4 aromatic rings. The number of carbonyl (C=O) groups is 3. The standard InChI is InChI=1S/C26H20N4O5/c1-34-19-4-2-17-13-30(23(31)20(17)12-19)14-26(24(32)28-25(33)29-26)22-11-18-10-16(3-5-21(18)35-22)15-6-8-27-9-7-15/h2-12H,13-14H2,1H3,(H2,28,29,32,33)/t26-/m0/s1. The number of ether oxygens (including phenoxy) is 1. The molecule has 2 aromatic heterocycles. The van der Waals surface area contributed by atoms with Gasteiger partial charge < -0.3 is 19.4 Å². The van der Waals surface area contributed by atoms with Gasteiger partial charge in [-0.15, -0.1) is 0 Å². The summed E-state index contributed by atoms with van der Waals surface area (Å²) in [7, 11) is 1.54. The van der Waals surface area contributed by atoms with Crippen LogP contribution in [0, 0.1) is 0 Å². The molecule has 1 saturated heterocycles. The zero-order valence-electron chi connectivity index (χ0n) is 18.7. The van der Waals surface area contributed by atoms with Crippen LogP contribution in [-0.4, -0.2) is 41.4 Å². The SMILES string of the molecule is COc1ccc2c(c1)C(=O)N(C[C@@]1(c3cc4cc(-c5ccncc5)ccc4o3)NC(=O)NC1=O)C2. The Bertz CT molecular complexity index is 1510. The second-order valence-electron chi connectivity index (χ2n) is 8.60. The van der Waals surface area contributed by atoms with Crippen molar-refractivity contribution in [2.24, 2.45) is 0 Å². The largest absolute Gasteiger partial charge is 0.497 e. The van der Waals surface area contributed by atoms with Crippen LogP contribution in [0.1, 0.15) is 21.7 Å². The molecule has 0 spiro atoms. The number of urea groups is 1. The lowest BCUT2D eigenvalue weighted by Gasteiger charge is -2.29. The van der Waals surface area contributed by atoms with Gasteiger partial charge >= 0.3 is 6.03 Å². The van der Waals surface area contributed by atoms with Crippen LogP contribution in [-0.2, 0) is 16.9 Å². The maximum absolute atomic E-state index is 13.2. The van der Waals surface area contributed by atoms with E-state index in [1.165, 1.54) is 12.0 Å². The van der Waals surface area contributed by atoms with Gasteiger partial charge in [0.2, 0.25) is 0 Å². The molecule has 174 valence electrons. The molecule has 0 unspecified atom stereocenters. The fraction of sp³-hybridized carbons (Fsp3) is 0.154. The lowest BCUT2D eigenvalue weighted by molar-refractivity contribution is -0.125. The summed E-state index contributed by atoms with van der Waals surface area (Å²) < 4.78 is 11.3. The highest BCUT2D eigenvalue weighted by atomic mass is 16.5. The maximum atomic E-state index is 13.2. The third-order valence-corrected chi connectivity index (χ3v) is 6.52. The van der Waals surface area contributed by atoms with Crippen molar-refractivity contribution in [3.8, 4) is 16.9 Å². The number of nitrogens with zero attached hydrogens (tertiary/aromatic N) is 2. The van der Waals surface area contributed by atoms with Gasteiger partial charge in [0.05, 0.1) is 13.7 Å². The van der Waals surface area contributed by atoms with E-state index in [1.54, 1.807) is 30.6 Å². The van der Waals surface area contributed by atoms with E-state index >= 15 is 0 Å². The molecule has 4 amide bonds. The third kappa shape index (κ3) is 3.31. The van der Waals surface area contributed by atoms with Crippen LogP contribution in [0.3, 0.4) is 0 Å². The number of methoxy groups -OCH3 is 1. The Labute approximate surface area is 199 Å². The van der Waals surface area contributed by atoms with Crippen LogP contribution in [0.15, 0.2) is 71.4 Å². The lowest BCUT2D eigenvalue weighted by atomic mass is 9.95. The number of hydrogen-bond acceptors (Lipinski definition) is 6. The van der Waals surface area contributed by atoms with Gasteiger partial charge in [0.25, 0.3) is 11.8 Å². The van der Waals surface area contributed by atoms with Gasteiger partial charge in [0.1, 0.15) is 17.1 Å². The Morgan fingerprint density at radius 1 is 1.03 bits per heavy atom. The number of aromatic nitrogens is 1. The van der Waals surface area contributed by atoms with Gasteiger partial charge in [0.15, 0.2) is 5.54 Å². The Kier molecular flexibility index (Phi) is 4.60. The summed E-state index contributed by atoms with van der Waals surface area (Å²) in [6.45, 7) is 0.215. The molecule has 0 bridgehead atoms. The Morgan fingerprint density at radius 3 is 2.60 bits per heavy atom. The number of imide groups is 1. The Hall–Kier alpha value is -4.66. The maximum Gasteiger partial charge on any atom is 0.322 e. The molecular formula is C26H20N4O5. The molecule has 9 heteroatoms. The van der Waals surface area contributed by atoms with Crippen molar-refractivity contribution in [3.05, 3.63) is 83.9 Å². The highest BCUT2D eigenvalue weighted by Crippen LogP contribution is 2.36. The highest BCUT2D eigenvalue weighted by Gasteiger charge is 2.53. The first-order valence-electron chi connectivity index (χ1n) is 11.0. The van der Waals surface area contributed by atoms with Crippen molar-refractivity contribution in [1.82, 2.24) is 20.5 Å². The van der Waals surface area contributed by atoms with Crippen molar-refractivity contribution in [2.75, 3.05) is 13.7 Å². The van der Waals surface area contributed by atoms with Crippen molar-refractivity contribution >= 4 is 28.8 Å². The molecule has 0 aliphatic carbocycles. The van der Waals surface area contributed by atoms with Crippen molar-refractivity contribution in [2.45, 2.75) is 12.1 Å². The first kappa shape index (κ1) is 20.9. The van der Waals surface area contributed by atoms with E-state index in [4.69, 9.17) is 9.15 Å². The smallest absolute Gasteiger partial charge is 0.322 e. The number of pyridine rings is 1. The minimum absolute atomic E-state index is 0.0859. The van der Waals surface area contributed by atoms with Gasteiger partial charge in [-0.2, -0.15) is 0 Å². The zero-order valence-corrected chi connectivity index (χ0v) is 18.7. The van der Waals surface area contributed by atoms with E-state index in [-0.39, 0.29) is 18.2 Å². The molecular weight excluding hydrogens is 448 g/mol. The van der Waals surface area contributed by atoms with E-state index in [1.807, 2.05) is 36.4 Å². The van der Waals surface area contributed by atoms with Gasteiger partial charge in [-0.25, -0.2) is 4.79 Å². The molecule has 9 nitrogen and oxygen atoms in total. The normalized spacial score (nSPS) is 19.1. The molecule has 1 fully saturated rings. The molecule has 2 aromatic carbocycles. The predicted molar refractivity (Wildman–Crippen MR) is 126 cm³/mol. The van der Waals surface area contributed by atoms with Crippen molar-refractivity contribution in [1.29, 1.82) is 0 Å². The summed E-state index contributed by atoms with van der Waals surface area (Å²) in [5, 5.41) is 5.79. The minimum Gasteiger partial charge on any atom is -0.497 e. The number of nitrogens with one attached hydrogen (secondary N) is 2. The van der Waals surface area contributed by atoms with E-state index in [2.05, 4.69) is 15.6 Å². The van der Waals surface area contributed by atoms with Crippen molar-refractivity contribution in [3.63, 3.8) is 0 Å². The van der Waals surface area contributed by atoms with Crippen LogP contribution < -0.4 is 15.4 Å². The molecule has 4 heterocycles. The summed E-state index contributed by atoms with van der Waals surface area (Å²) in [5.74, 6) is 0.00693. The molecule has 1 atom stereocenters. The number of benzene rings is 2. The van der Waals surface area contributed by atoms with Crippen LogP contribution in [0.5, 0.6) is 5.75 Å². The summed E-state index contributed by atoms with van der Waals surface area (Å²) >= 11 is 0. The predicted octanol–water partition coefficient (Wildman–Crippen LogP) is 3.19. The number of furan rings is 1. The Morgan fingerprint density at radius 2 is 1.86 bits per heavy atom. The van der Waals surface area contributed by atoms with Crippen molar-refractivity contribution < 1.29 is 23.5 Å². The molecule has 2 aliphatic heterocycles. The fourth-order valence-corrected chi connectivity index (χ4v) is 4.71. The van der Waals surface area contributed by atoms with Gasteiger partial charge in [-0.3, -0.25) is 19.9 Å². The van der Waals surface area contributed by atoms with Crippen LogP contribution in [0.4, 0.5) is 4.79 Å². The second-order valence-corrected chi connectivity index (χ2v) is 8.60.